The van der Waals surface area contributed by atoms with Gasteiger partial charge < -0.3 is 19.5 Å². The molecule has 27 heavy (non-hydrogen) atoms. The fraction of sp³-hybridized carbons (Fsp3) is 0.176. The Labute approximate surface area is 152 Å². The lowest BCUT2D eigenvalue weighted by atomic mass is 10.2. The lowest BCUT2D eigenvalue weighted by Crippen LogP contribution is -2.21. The Morgan fingerprint density at radius 1 is 1.15 bits per heavy atom. The van der Waals surface area contributed by atoms with E-state index in [2.05, 4.69) is 5.32 Å². The summed E-state index contributed by atoms with van der Waals surface area (Å²) in [5, 5.41) is 12.8. The molecule has 0 saturated heterocycles. The standard InChI is InChI=1S/C17H15FN2O7/c1-25-11-4-6-15(26-2)12(8-11)17(22)27-9-16(21)19-14-7-10(20(23)24)3-5-13(14)18/h3-8H,9H2,1-2H3,(H,19,21). The number of hydrogen-bond acceptors (Lipinski definition) is 7. The molecular formula is C17H15FN2O7. The minimum absolute atomic E-state index is 0.0335. The number of benzene rings is 2. The third-order valence-corrected chi connectivity index (χ3v) is 3.40. The number of esters is 1. The molecule has 2 rings (SSSR count). The predicted molar refractivity (Wildman–Crippen MR) is 91.5 cm³/mol. The second kappa shape index (κ2) is 8.61. The van der Waals surface area contributed by atoms with Crippen LogP contribution in [0.3, 0.4) is 0 Å². The van der Waals surface area contributed by atoms with Crippen LogP contribution in [0.5, 0.6) is 11.5 Å². The fourth-order valence-electron chi connectivity index (χ4n) is 2.09. The maximum Gasteiger partial charge on any atom is 0.342 e. The van der Waals surface area contributed by atoms with E-state index in [9.17, 15) is 24.1 Å². The Morgan fingerprint density at radius 3 is 2.52 bits per heavy atom. The first kappa shape index (κ1) is 19.6. The summed E-state index contributed by atoms with van der Waals surface area (Å²) in [6.45, 7) is -0.735. The minimum Gasteiger partial charge on any atom is -0.497 e. The number of nitro benzene ring substituents is 1. The van der Waals surface area contributed by atoms with Crippen molar-refractivity contribution in [1.82, 2.24) is 0 Å². The van der Waals surface area contributed by atoms with Gasteiger partial charge in [-0.15, -0.1) is 0 Å². The molecule has 0 unspecified atom stereocenters. The SMILES string of the molecule is COc1ccc(OC)c(C(=O)OCC(=O)Nc2cc([N+](=O)[O-])ccc2F)c1. The number of methoxy groups -OCH3 is 2. The van der Waals surface area contributed by atoms with Crippen LogP contribution in [-0.2, 0) is 9.53 Å². The summed E-state index contributed by atoms with van der Waals surface area (Å²) < 4.78 is 28.6. The van der Waals surface area contributed by atoms with Crippen LogP contribution in [0, 0.1) is 15.9 Å². The molecule has 9 nitrogen and oxygen atoms in total. The molecule has 0 spiro atoms. The molecule has 0 aliphatic rings. The zero-order valence-electron chi connectivity index (χ0n) is 14.4. The van der Waals surface area contributed by atoms with Crippen LogP contribution in [0.1, 0.15) is 10.4 Å². The van der Waals surface area contributed by atoms with E-state index in [1.807, 2.05) is 0 Å². The van der Waals surface area contributed by atoms with E-state index in [0.717, 1.165) is 18.2 Å². The van der Waals surface area contributed by atoms with Gasteiger partial charge in [0.15, 0.2) is 6.61 Å². The summed E-state index contributed by atoms with van der Waals surface area (Å²) in [6.07, 6.45) is 0. The summed E-state index contributed by atoms with van der Waals surface area (Å²) in [7, 11) is 2.77. The van der Waals surface area contributed by atoms with Crippen molar-refractivity contribution in [2.45, 2.75) is 0 Å². The Hall–Kier alpha value is -3.69. The molecule has 0 aromatic heterocycles. The van der Waals surface area contributed by atoms with Crippen molar-refractivity contribution in [2.75, 3.05) is 26.1 Å². The number of carbonyl (C=O) groups is 2. The number of carbonyl (C=O) groups excluding carboxylic acids is 2. The van der Waals surface area contributed by atoms with Gasteiger partial charge in [-0.3, -0.25) is 14.9 Å². The van der Waals surface area contributed by atoms with Gasteiger partial charge in [-0.1, -0.05) is 0 Å². The molecule has 0 fully saturated rings. The number of nitrogens with zero attached hydrogens (tertiary/aromatic N) is 1. The smallest absolute Gasteiger partial charge is 0.342 e. The molecule has 0 heterocycles. The quantitative estimate of drug-likeness (QED) is 0.447. The molecule has 0 atom stereocenters. The number of hydrogen-bond donors (Lipinski definition) is 1. The summed E-state index contributed by atoms with van der Waals surface area (Å²) in [5.41, 5.74) is -0.764. The Bertz CT molecular complexity index is 886. The number of non-ortho nitro benzene ring substituents is 1. The van der Waals surface area contributed by atoms with Crippen LogP contribution in [0.15, 0.2) is 36.4 Å². The van der Waals surface area contributed by atoms with E-state index in [-0.39, 0.29) is 11.3 Å². The van der Waals surface area contributed by atoms with Gasteiger partial charge >= 0.3 is 5.97 Å². The van der Waals surface area contributed by atoms with Crippen molar-refractivity contribution >= 4 is 23.3 Å². The Kier molecular flexibility index (Phi) is 6.26. The van der Waals surface area contributed by atoms with Crippen molar-refractivity contribution in [2.24, 2.45) is 0 Å². The number of anilines is 1. The molecule has 1 N–H and O–H groups in total. The molecule has 0 radical (unpaired) electrons. The molecule has 0 saturated carbocycles. The van der Waals surface area contributed by atoms with Gasteiger partial charge in [-0.2, -0.15) is 0 Å². The third-order valence-electron chi connectivity index (χ3n) is 3.40. The molecule has 142 valence electrons. The topological polar surface area (TPSA) is 117 Å². The highest BCUT2D eigenvalue weighted by molar-refractivity contribution is 5.97. The zero-order valence-corrected chi connectivity index (χ0v) is 14.4. The Morgan fingerprint density at radius 2 is 1.89 bits per heavy atom. The predicted octanol–water partition coefficient (Wildman–Crippen LogP) is 2.55. The first-order valence-corrected chi connectivity index (χ1v) is 7.48. The molecule has 10 heteroatoms. The molecule has 2 aromatic rings. The van der Waals surface area contributed by atoms with Gasteiger partial charge in [0.2, 0.25) is 0 Å². The average molecular weight is 378 g/mol. The fourth-order valence-corrected chi connectivity index (χ4v) is 2.09. The van der Waals surface area contributed by atoms with Crippen LogP contribution in [0.25, 0.3) is 0 Å². The minimum atomic E-state index is -0.871. The van der Waals surface area contributed by atoms with Crippen LogP contribution >= 0.6 is 0 Å². The number of rotatable bonds is 7. The zero-order chi connectivity index (χ0) is 20.0. The van der Waals surface area contributed by atoms with Gasteiger partial charge in [0, 0.05) is 12.1 Å². The van der Waals surface area contributed by atoms with Crippen LogP contribution in [0.2, 0.25) is 0 Å². The highest BCUT2D eigenvalue weighted by Crippen LogP contribution is 2.25. The third kappa shape index (κ3) is 4.91. The normalized spacial score (nSPS) is 10.0. The number of nitro groups is 1. The second-order valence-corrected chi connectivity index (χ2v) is 5.11. The van der Waals surface area contributed by atoms with Gasteiger partial charge in [-0.25, -0.2) is 9.18 Å². The van der Waals surface area contributed by atoms with E-state index >= 15 is 0 Å². The number of nitrogens with one attached hydrogen (secondary N) is 1. The molecule has 1 amide bonds. The molecule has 0 aliphatic carbocycles. The van der Waals surface area contributed by atoms with Gasteiger partial charge in [0.1, 0.15) is 22.9 Å². The van der Waals surface area contributed by atoms with Gasteiger partial charge in [0.05, 0.1) is 24.8 Å². The van der Waals surface area contributed by atoms with Crippen molar-refractivity contribution in [3.8, 4) is 11.5 Å². The monoisotopic (exact) mass is 378 g/mol. The van der Waals surface area contributed by atoms with Crippen LogP contribution < -0.4 is 14.8 Å². The highest BCUT2D eigenvalue weighted by Gasteiger charge is 2.18. The number of amides is 1. The molecule has 0 aliphatic heterocycles. The lowest BCUT2D eigenvalue weighted by molar-refractivity contribution is -0.384. The van der Waals surface area contributed by atoms with E-state index in [0.29, 0.717) is 5.75 Å². The summed E-state index contributed by atoms with van der Waals surface area (Å²) in [5.74, 6) is -2.00. The molecule has 0 bridgehead atoms. The maximum absolute atomic E-state index is 13.7. The van der Waals surface area contributed by atoms with Crippen molar-refractivity contribution in [3.05, 3.63) is 57.9 Å². The van der Waals surface area contributed by atoms with Gasteiger partial charge in [-0.05, 0) is 24.3 Å². The second-order valence-electron chi connectivity index (χ2n) is 5.11. The van der Waals surface area contributed by atoms with E-state index in [1.165, 1.54) is 26.4 Å². The molecule has 2 aromatic carbocycles. The van der Waals surface area contributed by atoms with Crippen molar-refractivity contribution in [3.63, 3.8) is 0 Å². The van der Waals surface area contributed by atoms with E-state index in [4.69, 9.17) is 14.2 Å². The van der Waals surface area contributed by atoms with Crippen LogP contribution in [-0.4, -0.2) is 37.6 Å². The summed E-state index contributed by atoms with van der Waals surface area (Å²) in [6, 6.07) is 7.11. The van der Waals surface area contributed by atoms with Crippen molar-refractivity contribution in [1.29, 1.82) is 0 Å². The summed E-state index contributed by atoms with van der Waals surface area (Å²) >= 11 is 0. The van der Waals surface area contributed by atoms with Crippen molar-refractivity contribution < 1.29 is 33.1 Å². The summed E-state index contributed by atoms with van der Waals surface area (Å²) in [4.78, 5) is 34.0. The van der Waals surface area contributed by atoms with Gasteiger partial charge in [0.25, 0.3) is 11.6 Å². The first-order chi connectivity index (χ1) is 12.8. The Balaban J connectivity index is 2.05. The number of halogens is 1. The average Bonchev–Trinajstić information content (AvgIpc) is 2.67. The number of ether oxygens (including phenoxy) is 3. The lowest BCUT2D eigenvalue weighted by Gasteiger charge is -2.11. The van der Waals surface area contributed by atoms with Crippen LogP contribution in [0.4, 0.5) is 15.8 Å². The highest BCUT2D eigenvalue weighted by atomic mass is 19.1. The maximum atomic E-state index is 13.7. The largest absolute Gasteiger partial charge is 0.497 e. The molecular weight excluding hydrogens is 363 g/mol. The van der Waals surface area contributed by atoms with E-state index < -0.39 is 40.6 Å². The van der Waals surface area contributed by atoms with E-state index in [1.54, 1.807) is 6.07 Å². The first-order valence-electron chi connectivity index (χ1n) is 7.48.